The Balaban J connectivity index is 1.40. The van der Waals surface area contributed by atoms with Crippen LogP contribution < -0.4 is 10.1 Å². The topological polar surface area (TPSA) is 3.24 Å². The maximum absolute atomic E-state index is 2.73. The Labute approximate surface area is 166 Å². The van der Waals surface area contributed by atoms with Crippen LogP contribution in [0.3, 0.4) is 0 Å². The van der Waals surface area contributed by atoms with Crippen molar-refractivity contribution in [1.29, 1.82) is 0 Å². The van der Waals surface area contributed by atoms with Gasteiger partial charge in [0.1, 0.15) is 0 Å². The standard InChI is InChI=1S/C25H29NSi/c1-3-9-19(10-4-1)15-21-17-26-24-14-8-7-11-20(24)16-25(26)23(21)18-27-22-12-5-2-6-13-22/h2,5-8,11-15,19,23,25H,1,3-4,9-10,16-18H2/b21-15+/t23-,25+/m1/s1. The number of hydrogen-bond acceptors (Lipinski definition) is 1. The second-order valence-electron chi connectivity index (χ2n) is 8.52. The highest BCUT2D eigenvalue weighted by atomic mass is 28.2. The third kappa shape index (κ3) is 3.52. The molecule has 1 saturated carbocycles. The van der Waals surface area contributed by atoms with Crippen molar-refractivity contribution in [2.24, 2.45) is 11.8 Å². The van der Waals surface area contributed by atoms with Crippen LogP contribution in [-0.2, 0) is 6.42 Å². The molecular weight excluding hydrogens is 342 g/mol. The highest BCUT2D eigenvalue weighted by Gasteiger charge is 2.42. The van der Waals surface area contributed by atoms with Crippen molar-refractivity contribution in [3.8, 4) is 0 Å². The normalized spacial score (nSPS) is 26.4. The lowest BCUT2D eigenvalue weighted by Gasteiger charge is -2.23. The van der Waals surface area contributed by atoms with E-state index < -0.39 is 0 Å². The van der Waals surface area contributed by atoms with Crippen molar-refractivity contribution in [2.75, 3.05) is 11.4 Å². The molecule has 27 heavy (non-hydrogen) atoms. The average molecular weight is 372 g/mol. The van der Waals surface area contributed by atoms with Gasteiger partial charge in [0, 0.05) is 18.3 Å². The molecule has 3 aliphatic rings. The van der Waals surface area contributed by atoms with E-state index in [0.717, 1.165) is 21.4 Å². The van der Waals surface area contributed by atoms with Crippen molar-refractivity contribution >= 4 is 20.4 Å². The number of allylic oxidation sites excluding steroid dienone is 1. The Morgan fingerprint density at radius 2 is 1.70 bits per heavy atom. The molecule has 1 saturated heterocycles. The number of nitrogens with zero attached hydrogens (tertiary/aromatic N) is 1. The largest absolute Gasteiger partial charge is 0.363 e. The van der Waals surface area contributed by atoms with Crippen LogP contribution in [-0.4, -0.2) is 22.1 Å². The molecule has 138 valence electrons. The van der Waals surface area contributed by atoms with Crippen LogP contribution in [0, 0.1) is 11.8 Å². The van der Waals surface area contributed by atoms with Crippen LogP contribution in [0.15, 0.2) is 66.2 Å². The van der Waals surface area contributed by atoms with Crippen LogP contribution in [0.1, 0.15) is 37.7 Å². The number of fused-ring (bicyclic) bond motifs is 3. The first-order chi connectivity index (χ1) is 13.4. The van der Waals surface area contributed by atoms with Crippen molar-refractivity contribution < 1.29 is 0 Å². The first-order valence-corrected chi connectivity index (χ1v) is 11.9. The zero-order valence-corrected chi connectivity index (χ0v) is 17.1. The Kier molecular flexibility index (Phi) is 4.92. The van der Waals surface area contributed by atoms with E-state index in [1.165, 1.54) is 62.0 Å². The number of para-hydroxylation sites is 1. The molecule has 1 aliphatic carbocycles. The van der Waals surface area contributed by atoms with Crippen LogP contribution in [0.4, 0.5) is 5.69 Å². The van der Waals surface area contributed by atoms with Gasteiger partial charge in [0.2, 0.25) is 0 Å². The van der Waals surface area contributed by atoms with E-state index in [-0.39, 0.29) is 0 Å². The summed E-state index contributed by atoms with van der Waals surface area (Å²) in [7, 11) is 0.922. The summed E-state index contributed by atoms with van der Waals surface area (Å²) >= 11 is 0. The lowest BCUT2D eigenvalue weighted by Crippen LogP contribution is -2.30. The molecule has 0 N–H and O–H groups in total. The highest BCUT2D eigenvalue weighted by Crippen LogP contribution is 2.45. The van der Waals surface area contributed by atoms with Gasteiger partial charge in [-0.15, -0.1) is 0 Å². The fourth-order valence-corrected chi connectivity index (χ4v) is 6.85. The zero-order valence-electron chi connectivity index (χ0n) is 16.1. The molecule has 2 heteroatoms. The summed E-state index contributed by atoms with van der Waals surface area (Å²) in [6, 6.07) is 22.2. The lowest BCUT2D eigenvalue weighted by atomic mass is 9.85. The van der Waals surface area contributed by atoms with Crippen molar-refractivity contribution in [1.82, 2.24) is 0 Å². The van der Waals surface area contributed by atoms with Crippen LogP contribution in [0.25, 0.3) is 0 Å². The van der Waals surface area contributed by atoms with Gasteiger partial charge < -0.3 is 4.90 Å². The molecule has 0 aromatic heterocycles. The minimum absolute atomic E-state index is 0.688. The summed E-state index contributed by atoms with van der Waals surface area (Å²) in [5, 5.41) is 1.52. The second kappa shape index (κ2) is 7.67. The maximum Gasteiger partial charge on any atom is 0.0814 e. The van der Waals surface area contributed by atoms with Crippen molar-refractivity contribution in [3.05, 3.63) is 71.8 Å². The lowest BCUT2D eigenvalue weighted by molar-refractivity contribution is 0.415. The smallest absolute Gasteiger partial charge is 0.0814 e. The molecule has 2 fully saturated rings. The molecule has 2 aliphatic heterocycles. The van der Waals surface area contributed by atoms with Crippen molar-refractivity contribution in [3.63, 3.8) is 0 Å². The number of anilines is 1. The minimum atomic E-state index is 0.688. The Morgan fingerprint density at radius 1 is 0.926 bits per heavy atom. The third-order valence-corrected chi connectivity index (χ3v) is 8.21. The van der Waals surface area contributed by atoms with Gasteiger partial charge in [-0.2, -0.15) is 0 Å². The summed E-state index contributed by atoms with van der Waals surface area (Å²) in [5.74, 6) is 1.57. The molecule has 0 amide bonds. The van der Waals surface area contributed by atoms with E-state index in [9.17, 15) is 0 Å². The SMILES string of the molecule is C(=C1/CN2c3ccccc3C[C@H]2[C@@H]1C[Si]c1ccccc1)/C1CCCCC1. The summed E-state index contributed by atoms with van der Waals surface area (Å²) in [4.78, 5) is 2.73. The Bertz CT molecular complexity index is 806. The van der Waals surface area contributed by atoms with E-state index in [1.54, 1.807) is 11.1 Å². The maximum atomic E-state index is 2.73. The average Bonchev–Trinajstić information content (AvgIpc) is 3.24. The monoisotopic (exact) mass is 371 g/mol. The second-order valence-corrected chi connectivity index (χ2v) is 9.86. The summed E-state index contributed by atoms with van der Waals surface area (Å²) < 4.78 is 0. The predicted molar refractivity (Wildman–Crippen MR) is 116 cm³/mol. The van der Waals surface area contributed by atoms with Gasteiger partial charge in [0.15, 0.2) is 0 Å². The molecule has 5 rings (SSSR count). The number of benzene rings is 2. The van der Waals surface area contributed by atoms with Gasteiger partial charge >= 0.3 is 0 Å². The summed E-state index contributed by atoms with van der Waals surface area (Å²) in [6.07, 6.45) is 11.1. The van der Waals surface area contributed by atoms with Gasteiger partial charge in [-0.3, -0.25) is 0 Å². The first-order valence-electron chi connectivity index (χ1n) is 10.7. The van der Waals surface area contributed by atoms with Crippen LogP contribution in [0.2, 0.25) is 6.04 Å². The fraction of sp³-hybridized carbons (Fsp3) is 0.440. The molecule has 2 heterocycles. The van der Waals surface area contributed by atoms with Crippen LogP contribution in [0.5, 0.6) is 0 Å². The van der Waals surface area contributed by atoms with Gasteiger partial charge in [0.05, 0.1) is 9.52 Å². The zero-order chi connectivity index (χ0) is 18.1. The fourth-order valence-electron chi connectivity index (χ4n) is 5.43. The predicted octanol–water partition coefficient (Wildman–Crippen LogP) is 5.00. The third-order valence-electron chi connectivity index (χ3n) is 6.82. The van der Waals surface area contributed by atoms with Gasteiger partial charge in [-0.05, 0) is 54.3 Å². The molecule has 0 bridgehead atoms. The van der Waals surface area contributed by atoms with Gasteiger partial charge in [0.25, 0.3) is 0 Å². The van der Waals surface area contributed by atoms with E-state index in [2.05, 4.69) is 65.6 Å². The molecule has 0 unspecified atom stereocenters. The van der Waals surface area contributed by atoms with E-state index in [4.69, 9.17) is 0 Å². The molecule has 2 atom stereocenters. The summed E-state index contributed by atoms with van der Waals surface area (Å²) in [5.41, 5.74) is 4.82. The highest BCUT2D eigenvalue weighted by molar-refractivity contribution is 6.53. The quantitative estimate of drug-likeness (QED) is 0.540. The number of rotatable bonds is 4. The number of hydrogen-bond donors (Lipinski definition) is 0. The van der Waals surface area contributed by atoms with Crippen LogP contribution >= 0.6 is 0 Å². The Hall–Kier alpha value is -1.80. The summed E-state index contributed by atoms with van der Waals surface area (Å²) in [6.45, 7) is 1.17. The molecule has 2 radical (unpaired) electrons. The molecule has 2 aromatic rings. The molecule has 2 aromatic carbocycles. The molecular formula is C25H29NSi. The Morgan fingerprint density at radius 3 is 2.56 bits per heavy atom. The van der Waals surface area contributed by atoms with Crippen molar-refractivity contribution in [2.45, 2.75) is 50.6 Å². The van der Waals surface area contributed by atoms with E-state index in [1.807, 2.05) is 0 Å². The minimum Gasteiger partial charge on any atom is -0.363 e. The van der Waals surface area contributed by atoms with E-state index >= 15 is 0 Å². The van der Waals surface area contributed by atoms with E-state index in [0.29, 0.717) is 6.04 Å². The van der Waals surface area contributed by atoms with Gasteiger partial charge in [-0.1, -0.05) is 79.1 Å². The van der Waals surface area contributed by atoms with Gasteiger partial charge in [-0.25, -0.2) is 0 Å². The molecule has 1 nitrogen and oxygen atoms in total. The molecule has 0 spiro atoms. The first kappa shape index (κ1) is 17.3.